The van der Waals surface area contributed by atoms with Gasteiger partial charge in [-0.3, -0.25) is 14.8 Å². The van der Waals surface area contributed by atoms with E-state index in [2.05, 4.69) is 38.6 Å². The molecule has 3 rings (SSSR count). The van der Waals surface area contributed by atoms with E-state index in [1.807, 2.05) is 0 Å². The third-order valence-corrected chi connectivity index (χ3v) is 4.50. The van der Waals surface area contributed by atoms with Crippen molar-refractivity contribution in [3.8, 4) is 0 Å². The average Bonchev–Trinajstić information content (AvgIpc) is 2.54. The van der Waals surface area contributed by atoms with Crippen LogP contribution in [-0.4, -0.2) is 67.1 Å². The van der Waals surface area contributed by atoms with Crippen LogP contribution in [0, 0.1) is 0 Å². The zero-order chi connectivity index (χ0) is 15.0. The third kappa shape index (κ3) is 5.02. The summed E-state index contributed by atoms with van der Waals surface area (Å²) in [5, 5.41) is 7.19. The quantitative estimate of drug-likeness (QED) is 0.738. The lowest BCUT2D eigenvalue weighted by atomic mass is 10.2. The molecule has 3 heterocycles. The highest BCUT2D eigenvalue weighted by molar-refractivity contribution is 5.11. The lowest BCUT2D eigenvalue weighted by Crippen LogP contribution is -2.37. The fourth-order valence-corrected chi connectivity index (χ4v) is 3.28. The molecule has 4 bridgehead atoms. The van der Waals surface area contributed by atoms with Crippen LogP contribution in [0.1, 0.15) is 24.2 Å². The fourth-order valence-electron chi connectivity index (χ4n) is 3.28. The maximum Gasteiger partial charge on any atom is 0.0547 e. The number of nitrogens with one attached hydrogen (secondary N) is 2. The minimum atomic E-state index is 0.968. The van der Waals surface area contributed by atoms with Gasteiger partial charge in [0.1, 0.15) is 0 Å². The van der Waals surface area contributed by atoms with E-state index in [0.29, 0.717) is 0 Å². The zero-order valence-corrected chi connectivity index (χ0v) is 13.6. The van der Waals surface area contributed by atoms with Crippen LogP contribution < -0.4 is 10.6 Å². The molecule has 0 radical (unpaired) electrons. The van der Waals surface area contributed by atoms with Gasteiger partial charge in [-0.15, -0.1) is 0 Å². The van der Waals surface area contributed by atoms with Gasteiger partial charge in [0.15, 0.2) is 0 Å². The third-order valence-electron chi connectivity index (χ3n) is 4.50. The molecule has 22 heavy (non-hydrogen) atoms. The van der Waals surface area contributed by atoms with Gasteiger partial charge >= 0.3 is 0 Å². The Bertz CT molecular complexity index is 397. The zero-order valence-electron chi connectivity index (χ0n) is 13.6. The minimum Gasteiger partial charge on any atom is -0.315 e. The Morgan fingerprint density at radius 1 is 0.727 bits per heavy atom. The summed E-state index contributed by atoms with van der Waals surface area (Å²) >= 11 is 0. The van der Waals surface area contributed by atoms with Gasteiger partial charge in [0.25, 0.3) is 0 Å². The molecular formula is C17H29N5. The molecule has 1 aromatic heterocycles. The van der Waals surface area contributed by atoms with Crippen LogP contribution in [0.25, 0.3) is 0 Å². The Hall–Kier alpha value is -1.01. The number of hydrogen-bond donors (Lipinski definition) is 2. The van der Waals surface area contributed by atoms with E-state index in [1.54, 1.807) is 0 Å². The predicted molar refractivity (Wildman–Crippen MR) is 89.8 cm³/mol. The minimum absolute atomic E-state index is 0.968. The van der Waals surface area contributed by atoms with Crippen molar-refractivity contribution >= 4 is 0 Å². The summed E-state index contributed by atoms with van der Waals surface area (Å²) in [5.41, 5.74) is 2.42. The van der Waals surface area contributed by atoms with Crippen LogP contribution >= 0.6 is 0 Å². The second kappa shape index (κ2) is 8.58. The van der Waals surface area contributed by atoms with Crippen molar-refractivity contribution in [3.05, 3.63) is 29.6 Å². The summed E-state index contributed by atoms with van der Waals surface area (Å²) in [6.07, 6.45) is 2.42. The summed E-state index contributed by atoms with van der Waals surface area (Å²) in [6.45, 7) is 10.8. The van der Waals surface area contributed by atoms with E-state index < -0.39 is 0 Å². The number of fused-ring (bicyclic) bond motifs is 2. The number of hydrogen-bond acceptors (Lipinski definition) is 5. The van der Waals surface area contributed by atoms with Gasteiger partial charge in [0.2, 0.25) is 0 Å². The normalized spacial score (nSPS) is 28.2. The first kappa shape index (κ1) is 15.9. The molecule has 122 valence electrons. The molecule has 2 atom stereocenters. The van der Waals surface area contributed by atoms with Crippen molar-refractivity contribution in [3.63, 3.8) is 0 Å². The molecule has 0 fully saturated rings. The molecule has 2 unspecified atom stereocenters. The second-order valence-corrected chi connectivity index (χ2v) is 6.38. The van der Waals surface area contributed by atoms with Crippen molar-refractivity contribution in [1.29, 1.82) is 0 Å². The molecule has 2 N–H and O–H groups in total. The first-order chi connectivity index (χ1) is 10.9. The standard InChI is InChI=1S/C17H29N5/c1-4-16-14-21-10-2-6-18-8-13-22(15-17(5-1)20-16)11-3-7-19-9-12-21/h1,4-5,18-19H,2-3,6-15H2. The van der Waals surface area contributed by atoms with Crippen LogP contribution in [0.4, 0.5) is 0 Å². The van der Waals surface area contributed by atoms with Crippen LogP contribution in [0.2, 0.25) is 0 Å². The molecule has 5 heteroatoms. The van der Waals surface area contributed by atoms with Crippen LogP contribution in [-0.2, 0) is 13.1 Å². The van der Waals surface area contributed by atoms with Crippen molar-refractivity contribution in [1.82, 2.24) is 25.4 Å². The predicted octanol–water partition coefficient (Wildman–Crippen LogP) is 0.672. The molecule has 5 nitrogen and oxygen atoms in total. The van der Waals surface area contributed by atoms with Crippen molar-refractivity contribution in [2.24, 2.45) is 0 Å². The number of rotatable bonds is 0. The number of pyridine rings is 1. The number of aromatic nitrogens is 1. The topological polar surface area (TPSA) is 43.4 Å². The van der Waals surface area contributed by atoms with E-state index in [0.717, 1.165) is 65.4 Å². The van der Waals surface area contributed by atoms with Gasteiger partial charge in [-0.2, -0.15) is 0 Å². The Morgan fingerprint density at radius 3 is 1.82 bits per heavy atom. The molecular weight excluding hydrogens is 274 g/mol. The van der Waals surface area contributed by atoms with Gasteiger partial charge in [-0.05, 0) is 51.2 Å². The highest BCUT2D eigenvalue weighted by Crippen LogP contribution is 2.08. The van der Waals surface area contributed by atoms with E-state index >= 15 is 0 Å². The summed E-state index contributed by atoms with van der Waals surface area (Å²) in [7, 11) is 0. The van der Waals surface area contributed by atoms with E-state index in [1.165, 1.54) is 24.2 Å². The van der Waals surface area contributed by atoms with Crippen molar-refractivity contribution in [2.75, 3.05) is 52.4 Å². The Balaban J connectivity index is 1.81. The highest BCUT2D eigenvalue weighted by Gasteiger charge is 2.12. The van der Waals surface area contributed by atoms with Gasteiger partial charge in [-0.25, -0.2) is 0 Å². The molecule has 2 aliphatic rings. The summed E-state index contributed by atoms with van der Waals surface area (Å²) in [4.78, 5) is 9.97. The highest BCUT2D eigenvalue weighted by atomic mass is 15.2. The molecule has 0 spiro atoms. The van der Waals surface area contributed by atoms with Gasteiger partial charge in [0.05, 0.1) is 11.4 Å². The Kier molecular flexibility index (Phi) is 6.19. The molecule has 0 saturated heterocycles. The molecule has 1 aromatic rings. The van der Waals surface area contributed by atoms with Crippen molar-refractivity contribution in [2.45, 2.75) is 25.9 Å². The maximum atomic E-state index is 4.90. The largest absolute Gasteiger partial charge is 0.315 e. The first-order valence-corrected chi connectivity index (χ1v) is 8.71. The first-order valence-electron chi connectivity index (χ1n) is 8.71. The lowest BCUT2D eigenvalue weighted by Gasteiger charge is -2.23. The molecule has 0 saturated carbocycles. The summed E-state index contributed by atoms with van der Waals surface area (Å²) < 4.78 is 0. The monoisotopic (exact) mass is 303 g/mol. The SMILES string of the molecule is c1cc2nc(c1)CN1CCCNCCN(CCCNCC1)C2. The van der Waals surface area contributed by atoms with E-state index in [9.17, 15) is 0 Å². The number of nitrogens with zero attached hydrogens (tertiary/aromatic N) is 3. The van der Waals surface area contributed by atoms with Crippen molar-refractivity contribution < 1.29 is 0 Å². The molecule has 0 amide bonds. The molecule has 0 aliphatic carbocycles. The molecule has 2 aliphatic heterocycles. The summed E-state index contributed by atoms with van der Waals surface area (Å²) in [5.74, 6) is 0. The van der Waals surface area contributed by atoms with Gasteiger partial charge in [-0.1, -0.05) is 6.07 Å². The summed E-state index contributed by atoms with van der Waals surface area (Å²) in [6, 6.07) is 6.52. The smallest absolute Gasteiger partial charge is 0.0547 e. The van der Waals surface area contributed by atoms with Gasteiger partial charge in [0, 0.05) is 39.3 Å². The van der Waals surface area contributed by atoms with Crippen LogP contribution in [0.15, 0.2) is 18.2 Å². The van der Waals surface area contributed by atoms with Crippen LogP contribution in [0.5, 0.6) is 0 Å². The Labute approximate surface area is 134 Å². The second-order valence-electron chi connectivity index (χ2n) is 6.38. The maximum absolute atomic E-state index is 4.90. The fraction of sp³-hybridized carbons (Fsp3) is 0.706. The van der Waals surface area contributed by atoms with E-state index in [4.69, 9.17) is 4.98 Å². The molecule has 0 aromatic carbocycles. The Morgan fingerprint density at radius 2 is 1.27 bits per heavy atom. The lowest BCUT2D eigenvalue weighted by molar-refractivity contribution is 0.244. The van der Waals surface area contributed by atoms with E-state index in [-0.39, 0.29) is 0 Å². The average molecular weight is 303 g/mol. The van der Waals surface area contributed by atoms with Crippen LogP contribution in [0.3, 0.4) is 0 Å². The van der Waals surface area contributed by atoms with Gasteiger partial charge < -0.3 is 10.6 Å².